The van der Waals surface area contributed by atoms with Gasteiger partial charge in [0.1, 0.15) is 5.52 Å². The number of carbonyl (C=O) groups is 1. The molecular formula is C22H17Cl2N3O3. The highest BCUT2D eigenvalue weighted by atomic mass is 35.5. The zero-order chi connectivity index (χ0) is 21.4. The molecule has 152 valence electrons. The van der Waals surface area contributed by atoms with Crippen LogP contribution in [0.4, 0.5) is 0 Å². The lowest BCUT2D eigenvalue weighted by Crippen LogP contribution is -2.27. The van der Waals surface area contributed by atoms with Crippen LogP contribution in [0.3, 0.4) is 0 Å². The average Bonchev–Trinajstić information content (AvgIpc) is 2.73. The Morgan fingerprint density at radius 1 is 1.07 bits per heavy atom. The molecule has 0 N–H and O–H groups in total. The summed E-state index contributed by atoms with van der Waals surface area (Å²) in [5.41, 5.74) is 0.881. The number of pyridine rings is 1. The van der Waals surface area contributed by atoms with Gasteiger partial charge in [-0.3, -0.25) is 4.79 Å². The van der Waals surface area contributed by atoms with Crippen LogP contribution in [-0.4, -0.2) is 20.7 Å². The van der Waals surface area contributed by atoms with Gasteiger partial charge in [-0.2, -0.15) is 5.10 Å². The molecule has 2 aromatic heterocycles. The number of fused-ring (bicyclic) bond motifs is 2. The van der Waals surface area contributed by atoms with Crippen LogP contribution < -0.4 is 10.3 Å². The van der Waals surface area contributed by atoms with Gasteiger partial charge in [-0.05, 0) is 37.6 Å². The largest absolute Gasteiger partial charge is 0.418 e. The number of hydrogen-bond acceptors (Lipinski definition) is 5. The van der Waals surface area contributed by atoms with E-state index in [4.69, 9.17) is 27.9 Å². The number of benzene rings is 2. The summed E-state index contributed by atoms with van der Waals surface area (Å²) < 4.78 is 6.95. The van der Waals surface area contributed by atoms with Crippen molar-refractivity contribution < 1.29 is 9.53 Å². The number of halogens is 2. The van der Waals surface area contributed by atoms with E-state index in [0.29, 0.717) is 39.7 Å². The molecule has 4 aromatic rings. The Kier molecular flexibility index (Phi) is 5.45. The standard InChI is InChI=1S/C22H17Cl2N3O3/c1-3-10-27-21(28)14-7-5-4-6-13(14)19(26-27)22(29)30-20-17(24)11-16(23)15-9-8-12(2)25-18(15)20/h4-9,11H,3,10H2,1-2H3. The molecule has 0 aliphatic rings. The van der Waals surface area contributed by atoms with Crippen molar-refractivity contribution >= 4 is 50.8 Å². The summed E-state index contributed by atoms with van der Waals surface area (Å²) in [7, 11) is 0. The van der Waals surface area contributed by atoms with Crippen LogP contribution in [0.15, 0.2) is 47.3 Å². The zero-order valence-corrected chi connectivity index (χ0v) is 17.8. The maximum absolute atomic E-state index is 13.1. The fourth-order valence-corrected chi connectivity index (χ4v) is 3.83. The van der Waals surface area contributed by atoms with Gasteiger partial charge in [-0.25, -0.2) is 14.5 Å². The number of ether oxygens (including phenoxy) is 1. The smallest absolute Gasteiger partial charge is 0.364 e. The van der Waals surface area contributed by atoms with E-state index in [2.05, 4.69) is 10.1 Å². The number of aromatic nitrogens is 3. The quantitative estimate of drug-likeness (QED) is 0.321. The van der Waals surface area contributed by atoms with E-state index in [0.717, 1.165) is 5.69 Å². The third-order valence-electron chi connectivity index (χ3n) is 4.67. The first-order chi connectivity index (χ1) is 14.4. The lowest BCUT2D eigenvalue weighted by atomic mass is 10.1. The van der Waals surface area contributed by atoms with Crippen molar-refractivity contribution in [1.82, 2.24) is 14.8 Å². The van der Waals surface area contributed by atoms with Gasteiger partial charge >= 0.3 is 5.97 Å². The summed E-state index contributed by atoms with van der Waals surface area (Å²) in [6, 6.07) is 11.9. The minimum absolute atomic E-state index is 0.0328. The third-order valence-corrected chi connectivity index (χ3v) is 5.26. The second-order valence-corrected chi connectivity index (χ2v) is 7.64. The van der Waals surface area contributed by atoms with E-state index in [-0.39, 0.29) is 22.0 Å². The number of aryl methyl sites for hydroxylation is 2. The Morgan fingerprint density at radius 2 is 1.80 bits per heavy atom. The van der Waals surface area contributed by atoms with Crippen molar-refractivity contribution in [3.8, 4) is 5.75 Å². The summed E-state index contributed by atoms with van der Waals surface area (Å²) in [4.78, 5) is 30.2. The van der Waals surface area contributed by atoms with Gasteiger partial charge < -0.3 is 4.74 Å². The summed E-state index contributed by atoms with van der Waals surface area (Å²) in [6.45, 7) is 4.12. The molecule has 8 heteroatoms. The van der Waals surface area contributed by atoms with Gasteiger partial charge in [0.25, 0.3) is 5.56 Å². The molecule has 0 atom stereocenters. The molecule has 0 saturated carbocycles. The average molecular weight is 442 g/mol. The number of esters is 1. The van der Waals surface area contributed by atoms with Gasteiger partial charge in [0.15, 0.2) is 11.4 Å². The second kappa shape index (κ2) is 8.05. The summed E-state index contributed by atoms with van der Waals surface area (Å²) in [6.07, 6.45) is 0.691. The fraction of sp³-hybridized carbons (Fsp3) is 0.182. The summed E-state index contributed by atoms with van der Waals surface area (Å²) in [5.74, 6) is -0.631. The SMILES string of the molecule is CCCn1nc(C(=O)Oc2c(Cl)cc(Cl)c3ccc(C)nc23)c2ccccc2c1=O. The van der Waals surface area contributed by atoms with Crippen molar-refractivity contribution in [2.75, 3.05) is 0 Å². The predicted molar refractivity (Wildman–Crippen MR) is 118 cm³/mol. The van der Waals surface area contributed by atoms with Crippen LogP contribution in [-0.2, 0) is 6.54 Å². The zero-order valence-electron chi connectivity index (χ0n) is 16.3. The number of hydrogen-bond donors (Lipinski definition) is 0. The third kappa shape index (κ3) is 3.53. The van der Waals surface area contributed by atoms with Crippen LogP contribution >= 0.6 is 23.2 Å². The van der Waals surface area contributed by atoms with Crippen molar-refractivity contribution in [3.05, 3.63) is 74.3 Å². The van der Waals surface area contributed by atoms with Gasteiger partial charge in [0, 0.05) is 23.0 Å². The second-order valence-electron chi connectivity index (χ2n) is 6.83. The predicted octanol–water partition coefficient (Wildman–Crippen LogP) is 5.19. The van der Waals surface area contributed by atoms with Crippen LogP contribution in [0.2, 0.25) is 10.0 Å². The molecule has 0 bridgehead atoms. The van der Waals surface area contributed by atoms with Crippen molar-refractivity contribution in [2.24, 2.45) is 0 Å². The van der Waals surface area contributed by atoms with Crippen LogP contribution in [0.5, 0.6) is 5.75 Å². The maximum atomic E-state index is 13.1. The lowest BCUT2D eigenvalue weighted by Gasteiger charge is -2.13. The van der Waals surface area contributed by atoms with Gasteiger partial charge in [-0.15, -0.1) is 0 Å². The van der Waals surface area contributed by atoms with E-state index in [9.17, 15) is 9.59 Å². The molecule has 0 saturated heterocycles. The summed E-state index contributed by atoms with van der Waals surface area (Å²) in [5, 5.41) is 6.26. The molecule has 30 heavy (non-hydrogen) atoms. The highest BCUT2D eigenvalue weighted by molar-refractivity contribution is 6.39. The monoisotopic (exact) mass is 441 g/mol. The normalized spacial score (nSPS) is 11.2. The molecule has 0 amide bonds. The Bertz CT molecular complexity index is 1370. The number of carbonyl (C=O) groups excluding carboxylic acids is 1. The van der Waals surface area contributed by atoms with Crippen LogP contribution in [0.1, 0.15) is 29.5 Å². The van der Waals surface area contributed by atoms with Gasteiger partial charge in [0.2, 0.25) is 0 Å². The topological polar surface area (TPSA) is 74.1 Å². The molecule has 0 unspecified atom stereocenters. The van der Waals surface area contributed by atoms with E-state index >= 15 is 0 Å². The first-order valence-electron chi connectivity index (χ1n) is 9.38. The molecule has 0 aliphatic carbocycles. The van der Waals surface area contributed by atoms with Gasteiger partial charge in [0.05, 0.1) is 15.4 Å². The minimum atomic E-state index is -0.732. The Morgan fingerprint density at radius 3 is 2.53 bits per heavy atom. The molecule has 0 aliphatic heterocycles. The molecule has 6 nitrogen and oxygen atoms in total. The maximum Gasteiger partial charge on any atom is 0.364 e. The first-order valence-corrected chi connectivity index (χ1v) is 10.1. The molecule has 2 heterocycles. The number of rotatable bonds is 4. The fourth-order valence-electron chi connectivity index (χ4n) is 3.28. The van der Waals surface area contributed by atoms with Crippen molar-refractivity contribution in [1.29, 1.82) is 0 Å². The number of nitrogens with zero attached hydrogens (tertiary/aromatic N) is 3. The van der Waals surface area contributed by atoms with Crippen LogP contribution in [0.25, 0.3) is 21.7 Å². The van der Waals surface area contributed by atoms with E-state index < -0.39 is 5.97 Å². The molecule has 4 rings (SSSR count). The highest BCUT2D eigenvalue weighted by Crippen LogP contribution is 2.37. The first kappa shape index (κ1) is 20.3. The van der Waals surface area contributed by atoms with Crippen LogP contribution in [0, 0.1) is 6.92 Å². The lowest BCUT2D eigenvalue weighted by molar-refractivity contribution is 0.0730. The van der Waals surface area contributed by atoms with Crippen molar-refractivity contribution in [3.63, 3.8) is 0 Å². The molecule has 0 radical (unpaired) electrons. The van der Waals surface area contributed by atoms with Crippen molar-refractivity contribution in [2.45, 2.75) is 26.8 Å². The van der Waals surface area contributed by atoms with Gasteiger partial charge in [-0.1, -0.05) is 48.3 Å². The molecule has 0 fully saturated rings. The Labute approximate surface area is 182 Å². The highest BCUT2D eigenvalue weighted by Gasteiger charge is 2.22. The van der Waals surface area contributed by atoms with E-state index in [1.807, 2.05) is 19.9 Å². The summed E-state index contributed by atoms with van der Waals surface area (Å²) >= 11 is 12.6. The Balaban J connectivity index is 1.88. The van der Waals surface area contributed by atoms with E-state index in [1.165, 1.54) is 10.7 Å². The molecular weight excluding hydrogens is 425 g/mol. The minimum Gasteiger partial charge on any atom is -0.418 e. The Hall–Kier alpha value is -2.96. The molecule has 0 spiro atoms. The molecule has 2 aromatic carbocycles. The van der Waals surface area contributed by atoms with E-state index in [1.54, 1.807) is 30.3 Å².